The van der Waals surface area contributed by atoms with Crippen LogP contribution in [0.15, 0.2) is 79.4 Å². The maximum atomic E-state index is 12.3. The van der Waals surface area contributed by atoms with E-state index in [9.17, 15) is 9.59 Å². The topological polar surface area (TPSA) is 110 Å². The average molecular weight is 458 g/mol. The molecule has 2 aromatic carbocycles. The summed E-state index contributed by atoms with van der Waals surface area (Å²) in [7, 11) is 0. The fourth-order valence-electron chi connectivity index (χ4n) is 3.74. The SMILES string of the molecule is C=CC(=O)NC1CCN(c2ccc(CN)c(Oc3ccc(NC(=O)c4ccccc4)cc3)n2)C1. The molecule has 1 aliphatic rings. The van der Waals surface area contributed by atoms with E-state index in [0.717, 1.165) is 24.3 Å². The highest BCUT2D eigenvalue weighted by atomic mass is 16.5. The molecule has 3 aromatic rings. The first-order chi connectivity index (χ1) is 16.6. The molecule has 0 radical (unpaired) electrons. The Morgan fingerprint density at radius 1 is 1.12 bits per heavy atom. The molecule has 1 aromatic heterocycles. The van der Waals surface area contributed by atoms with Crippen LogP contribution in [-0.4, -0.2) is 35.9 Å². The molecule has 0 bridgehead atoms. The van der Waals surface area contributed by atoms with Crippen LogP contribution in [0.25, 0.3) is 0 Å². The van der Waals surface area contributed by atoms with Crippen molar-refractivity contribution in [1.82, 2.24) is 10.3 Å². The van der Waals surface area contributed by atoms with Gasteiger partial charge in [-0.3, -0.25) is 9.59 Å². The number of carbonyl (C=O) groups excluding carboxylic acids is 2. The van der Waals surface area contributed by atoms with E-state index in [1.54, 1.807) is 36.4 Å². The van der Waals surface area contributed by atoms with Crippen LogP contribution in [0.1, 0.15) is 22.3 Å². The normalized spacial score (nSPS) is 15.0. The maximum Gasteiger partial charge on any atom is 0.255 e. The van der Waals surface area contributed by atoms with E-state index in [-0.39, 0.29) is 24.4 Å². The zero-order chi connectivity index (χ0) is 23.9. The van der Waals surface area contributed by atoms with E-state index in [1.807, 2.05) is 30.3 Å². The van der Waals surface area contributed by atoms with Crippen LogP contribution in [0.4, 0.5) is 11.5 Å². The third-order valence-electron chi connectivity index (χ3n) is 5.55. The highest BCUT2D eigenvalue weighted by Crippen LogP contribution is 2.28. The van der Waals surface area contributed by atoms with E-state index < -0.39 is 0 Å². The number of carbonyl (C=O) groups is 2. The van der Waals surface area contributed by atoms with Crippen LogP contribution in [0.2, 0.25) is 0 Å². The molecule has 8 nitrogen and oxygen atoms in total. The van der Waals surface area contributed by atoms with E-state index in [2.05, 4.69) is 27.1 Å². The van der Waals surface area contributed by atoms with Gasteiger partial charge in [-0.25, -0.2) is 0 Å². The van der Waals surface area contributed by atoms with Crippen molar-refractivity contribution in [1.29, 1.82) is 0 Å². The van der Waals surface area contributed by atoms with E-state index >= 15 is 0 Å². The number of amides is 2. The Bertz CT molecular complexity index is 1160. The highest BCUT2D eigenvalue weighted by molar-refractivity contribution is 6.04. The second-order valence-electron chi connectivity index (χ2n) is 7.93. The first-order valence-electron chi connectivity index (χ1n) is 11.1. The molecule has 1 saturated heterocycles. The molecule has 1 atom stereocenters. The Morgan fingerprint density at radius 2 is 1.88 bits per heavy atom. The molecule has 0 saturated carbocycles. The molecule has 1 aliphatic heterocycles. The number of rotatable bonds is 8. The Hall–Kier alpha value is -4.17. The molecule has 1 unspecified atom stereocenters. The summed E-state index contributed by atoms with van der Waals surface area (Å²) in [4.78, 5) is 30.7. The number of nitrogens with two attached hydrogens (primary N) is 1. The van der Waals surface area contributed by atoms with Gasteiger partial charge in [0.1, 0.15) is 11.6 Å². The average Bonchev–Trinajstić information content (AvgIpc) is 3.34. The minimum atomic E-state index is -0.178. The number of aromatic nitrogens is 1. The third-order valence-corrected chi connectivity index (χ3v) is 5.55. The molecule has 0 spiro atoms. The lowest BCUT2D eigenvalue weighted by atomic mass is 10.2. The second kappa shape index (κ2) is 10.6. The highest BCUT2D eigenvalue weighted by Gasteiger charge is 2.25. The van der Waals surface area contributed by atoms with Gasteiger partial charge in [0.2, 0.25) is 11.8 Å². The van der Waals surface area contributed by atoms with Crippen LogP contribution in [0, 0.1) is 0 Å². The summed E-state index contributed by atoms with van der Waals surface area (Å²) in [5.74, 6) is 1.41. The number of pyridine rings is 1. The summed E-state index contributed by atoms with van der Waals surface area (Å²) < 4.78 is 6.04. The lowest BCUT2D eigenvalue weighted by molar-refractivity contribution is -0.117. The monoisotopic (exact) mass is 457 g/mol. The fourth-order valence-corrected chi connectivity index (χ4v) is 3.74. The molecule has 1 fully saturated rings. The Labute approximate surface area is 198 Å². The van der Waals surface area contributed by atoms with Gasteiger partial charge in [0.25, 0.3) is 5.91 Å². The summed E-state index contributed by atoms with van der Waals surface area (Å²) in [6, 6.07) is 20.0. The first-order valence-corrected chi connectivity index (χ1v) is 11.1. The maximum absolute atomic E-state index is 12.3. The van der Waals surface area contributed by atoms with Gasteiger partial charge < -0.3 is 26.0 Å². The lowest BCUT2D eigenvalue weighted by Gasteiger charge is -2.19. The standard InChI is InChI=1S/C26H27N5O3/c1-2-24(32)28-21-14-15-31(17-21)23-13-8-19(16-27)26(30-23)34-22-11-9-20(10-12-22)29-25(33)18-6-4-3-5-7-18/h2-13,21H,1,14-17,27H2,(H,28,32)(H,29,33). The minimum Gasteiger partial charge on any atom is -0.439 e. The minimum absolute atomic E-state index is 0.0458. The van der Waals surface area contributed by atoms with Gasteiger partial charge in [0.05, 0.1) is 0 Å². The van der Waals surface area contributed by atoms with Gasteiger partial charge >= 0.3 is 0 Å². The van der Waals surface area contributed by atoms with Crippen molar-refractivity contribution in [2.24, 2.45) is 5.73 Å². The van der Waals surface area contributed by atoms with Crippen molar-refractivity contribution >= 4 is 23.3 Å². The molecule has 2 amide bonds. The largest absolute Gasteiger partial charge is 0.439 e. The zero-order valence-corrected chi connectivity index (χ0v) is 18.7. The predicted molar refractivity (Wildman–Crippen MR) is 132 cm³/mol. The quantitative estimate of drug-likeness (QED) is 0.447. The van der Waals surface area contributed by atoms with Crippen LogP contribution in [0.3, 0.4) is 0 Å². The van der Waals surface area contributed by atoms with Gasteiger partial charge in [0, 0.05) is 42.5 Å². The van der Waals surface area contributed by atoms with Crippen molar-refractivity contribution in [2.75, 3.05) is 23.3 Å². The van der Waals surface area contributed by atoms with Gasteiger partial charge in [-0.05, 0) is 61.0 Å². The second-order valence-corrected chi connectivity index (χ2v) is 7.93. The predicted octanol–water partition coefficient (Wildman–Crippen LogP) is 3.47. The van der Waals surface area contributed by atoms with Gasteiger partial charge in [-0.1, -0.05) is 24.8 Å². The third kappa shape index (κ3) is 5.60. The summed E-state index contributed by atoms with van der Waals surface area (Å²) in [6.07, 6.45) is 2.10. The smallest absolute Gasteiger partial charge is 0.255 e. The molecule has 4 rings (SSSR count). The lowest BCUT2D eigenvalue weighted by Crippen LogP contribution is -2.36. The summed E-state index contributed by atoms with van der Waals surface area (Å²) in [5.41, 5.74) is 7.92. The molecular formula is C26H27N5O3. The van der Waals surface area contributed by atoms with Gasteiger partial charge in [-0.15, -0.1) is 0 Å². The van der Waals surface area contributed by atoms with Gasteiger partial charge in [0.15, 0.2) is 0 Å². The number of nitrogens with zero attached hydrogens (tertiary/aromatic N) is 2. The zero-order valence-electron chi connectivity index (χ0n) is 18.7. The first kappa shape index (κ1) is 23.0. The molecule has 34 heavy (non-hydrogen) atoms. The molecule has 2 heterocycles. The van der Waals surface area contributed by atoms with Crippen LogP contribution in [-0.2, 0) is 11.3 Å². The van der Waals surface area contributed by atoms with Crippen LogP contribution in [0.5, 0.6) is 11.6 Å². The van der Waals surface area contributed by atoms with Crippen molar-refractivity contribution in [3.05, 3.63) is 90.5 Å². The number of nitrogens with one attached hydrogen (secondary N) is 2. The Morgan fingerprint density at radius 3 is 2.59 bits per heavy atom. The molecule has 4 N–H and O–H groups in total. The van der Waals surface area contributed by atoms with Crippen molar-refractivity contribution in [2.45, 2.75) is 19.0 Å². The van der Waals surface area contributed by atoms with Crippen molar-refractivity contribution in [3.63, 3.8) is 0 Å². The van der Waals surface area contributed by atoms with Crippen molar-refractivity contribution in [3.8, 4) is 11.6 Å². The van der Waals surface area contributed by atoms with Gasteiger partial charge in [-0.2, -0.15) is 4.98 Å². The summed E-state index contributed by atoms with van der Waals surface area (Å²) >= 11 is 0. The van der Waals surface area contributed by atoms with Crippen LogP contribution < -0.4 is 26.0 Å². The molecule has 174 valence electrons. The molecule has 8 heteroatoms. The summed E-state index contributed by atoms with van der Waals surface area (Å²) in [6.45, 7) is 5.21. The van der Waals surface area contributed by atoms with Crippen molar-refractivity contribution < 1.29 is 14.3 Å². The number of hydrogen-bond donors (Lipinski definition) is 3. The van der Waals surface area contributed by atoms with E-state index in [0.29, 0.717) is 29.4 Å². The Kier molecular flexibility index (Phi) is 7.19. The molecule has 0 aliphatic carbocycles. The number of anilines is 2. The number of ether oxygens (including phenoxy) is 1. The fraction of sp³-hybridized carbons (Fsp3) is 0.192. The summed E-state index contributed by atoms with van der Waals surface area (Å²) in [5, 5.41) is 5.79. The van der Waals surface area contributed by atoms with Crippen LogP contribution >= 0.6 is 0 Å². The molecular weight excluding hydrogens is 430 g/mol. The van der Waals surface area contributed by atoms with E-state index in [4.69, 9.17) is 10.5 Å². The number of benzene rings is 2. The number of hydrogen-bond acceptors (Lipinski definition) is 6. The Balaban J connectivity index is 1.43. The van der Waals surface area contributed by atoms with E-state index in [1.165, 1.54) is 6.08 Å².